The van der Waals surface area contributed by atoms with E-state index in [0.717, 1.165) is 10.4 Å². The summed E-state index contributed by atoms with van der Waals surface area (Å²) in [6, 6.07) is 13.3. The van der Waals surface area contributed by atoms with Gasteiger partial charge in [-0.2, -0.15) is 0 Å². The Morgan fingerprint density at radius 2 is 2.00 bits per heavy atom. The summed E-state index contributed by atoms with van der Waals surface area (Å²) in [5.41, 5.74) is 1.78. The lowest BCUT2D eigenvalue weighted by molar-refractivity contribution is -0.124. The molecular formula is C20H20N2O4S. The zero-order valence-electron chi connectivity index (χ0n) is 15.1. The molecule has 0 aliphatic rings. The number of esters is 1. The molecule has 1 amide bonds. The van der Waals surface area contributed by atoms with Gasteiger partial charge in [0.25, 0.3) is 5.91 Å². The molecule has 0 saturated carbocycles. The number of hydrogen-bond donors (Lipinski definition) is 1. The monoisotopic (exact) mass is 384 g/mol. The van der Waals surface area contributed by atoms with Gasteiger partial charge in [-0.15, -0.1) is 11.3 Å². The van der Waals surface area contributed by atoms with Crippen LogP contribution in [-0.4, -0.2) is 23.6 Å². The summed E-state index contributed by atoms with van der Waals surface area (Å²) in [5, 5.41) is 8.72. The number of carbonyl (C=O) groups is 2. The number of nitrogens with zero attached hydrogens (tertiary/aromatic N) is 1. The Morgan fingerprint density at radius 3 is 2.67 bits per heavy atom. The number of aryl methyl sites for hydroxylation is 2. The molecule has 6 nitrogen and oxygen atoms in total. The van der Waals surface area contributed by atoms with Crippen molar-refractivity contribution in [2.24, 2.45) is 0 Å². The summed E-state index contributed by atoms with van der Waals surface area (Å²) < 4.78 is 10.2. The molecule has 0 fully saturated rings. The normalized spacial score (nSPS) is 11.8. The molecule has 3 aromatic rings. The predicted molar refractivity (Wildman–Crippen MR) is 102 cm³/mol. The Labute approximate surface area is 161 Å². The summed E-state index contributed by atoms with van der Waals surface area (Å²) >= 11 is 1.55. The van der Waals surface area contributed by atoms with Crippen molar-refractivity contribution < 1.29 is 18.8 Å². The van der Waals surface area contributed by atoms with Crippen LogP contribution in [0.3, 0.4) is 0 Å². The first-order valence-electron chi connectivity index (χ1n) is 8.60. The van der Waals surface area contributed by atoms with Crippen LogP contribution in [0, 0.1) is 6.92 Å². The molecule has 0 aliphatic carbocycles. The highest BCUT2D eigenvalue weighted by Gasteiger charge is 2.23. The summed E-state index contributed by atoms with van der Waals surface area (Å²) in [4.78, 5) is 25.7. The molecule has 1 N–H and O–H groups in total. The second kappa shape index (κ2) is 8.64. The molecule has 27 heavy (non-hydrogen) atoms. The van der Waals surface area contributed by atoms with E-state index < -0.39 is 5.97 Å². The van der Waals surface area contributed by atoms with E-state index >= 15 is 0 Å². The zero-order valence-corrected chi connectivity index (χ0v) is 15.9. The molecule has 140 valence electrons. The molecule has 1 aromatic carbocycles. The molecule has 7 heteroatoms. The quantitative estimate of drug-likeness (QED) is 0.629. The lowest BCUT2D eigenvalue weighted by Gasteiger charge is -2.18. The number of rotatable bonds is 7. The summed E-state index contributed by atoms with van der Waals surface area (Å²) in [6.45, 7) is 3.14. The largest absolute Gasteiger partial charge is 0.452 e. The molecule has 0 aliphatic heterocycles. The van der Waals surface area contributed by atoms with E-state index in [4.69, 9.17) is 9.26 Å². The maximum atomic E-state index is 12.4. The molecule has 0 radical (unpaired) electrons. The van der Waals surface area contributed by atoms with Gasteiger partial charge in [0, 0.05) is 4.88 Å². The summed E-state index contributed by atoms with van der Waals surface area (Å²) in [6.07, 6.45) is 0.544. The van der Waals surface area contributed by atoms with Crippen molar-refractivity contribution in [1.29, 1.82) is 0 Å². The third-order valence-electron chi connectivity index (χ3n) is 4.07. The highest BCUT2D eigenvalue weighted by Crippen LogP contribution is 2.25. The van der Waals surface area contributed by atoms with Gasteiger partial charge >= 0.3 is 5.97 Å². The van der Waals surface area contributed by atoms with Gasteiger partial charge in [0.05, 0.1) is 11.7 Å². The highest BCUT2D eigenvalue weighted by atomic mass is 32.1. The van der Waals surface area contributed by atoms with Gasteiger partial charge in [0.2, 0.25) is 0 Å². The number of benzene rings is 1. The minimum atomic E-state index is -0.604. The Hall–Kier alpha value is -2.93. The molecule has 0 saturated heterocycles. The standard InChI is InChI=1S/C20H20N2O4S/c1-3-15-18(13(2)26-22-15)20(24)25-12-17(23)21-19(16-10-7-11-27-16)14-8-5-4-6-9-14/h4-11,19H,3,12H2,1-2H3,(H,21,23)/t19-/m1/s1. The first kappa shape index (κ1) is 18.8. The van der Waals surface area contributed by atoms with Crippen molar-refractivity contribution in [3.8, 4) is 0 Å². The number of thiophene rings is 1. The van der Waals surface area contributed by atoms with E-state index in [-0.39, 0.29) is 18.6 Å². The molecule has 3 rings (SSSR count). The van der Waals surface area contributed by atoms with Crippen molar-refractivity contribution in [1.82, 2.24) is 10.5 Å². The minimum Gasteiger partial charge on any atom is -0.452 e. The van der Waals surface area contributed by atoms with E-state index in [1.165, 1.54) is 0 Å². The van der Waals surface area contributed by atoms with Gasteiger partial charge in [-0.25, -0.2) is 4.79 Å². The molecular weight excluding hydrogens is 364 g/mol. The molecule has 2 heterocycles. The van der Waals surface area contributed by atoms with Crippen molar-refractivity contribution in [3.63, 3.8) is 0 Å². The fourth-order valence-electron chi connectivity index (χ4n) is 2.75. The van der Waals surface area contributed by atoms with Crippen molar-refractivity contribution in [2.75, 3.05) is 6.61 Å². The van der Waals surface area contributed by atoms with E-state index in [2.05, 4.69) is 10.5 Å². The minimum absolute atomic E-state index is 0.291. The first-order valence-corrected chi connectivity index (χ1v) is 9.48. The number of carbonyl (C=O) groups excluding carboxylic acids is 2. The predicted octanol–water partition coefficient (Wildman–Crippen LogP) is 3.67. The lowest BCUT2D eigenvalue weighted by atomic mass is 10.1. The van der Waals surface area contributed by atoms with Gasteiger partial charge in [0.1, 0.15) is 11.3 Å². The Kier molecular flexibility index (Phi) is 6.03. The number of amides is 1. The number of ether oxygens (including phenoxy) is 1. The number of aromatic nitrogens is 1. The molecule has 0 spiro atoms. The third-order valence-corrected chi connectivity index (χ3v) is 5.01. The maximum absolute atomic E-state index is 12.4. The van der Waals surface area contributed by atoms with Gasteiger partial charge in [-0.1, -0.05) is 48.5 Å². The van der Waals surface area contributed by atoms with Crippen LogP contribution in [0.5, 0.6) is 0 Å². The van der Waals surface area contributed by atoms with Gasteiger partial charge < -0.3 is 14.6 Å². The maximum Gasteiger partial charge on any atom is 0.344 e. The third kappa shape index (κ3) is 4.43. The zero-order chi connectivity index (χ0) is 19.2. The second-order valence-electron chi connectivity index (χ2n) is 5.92. The fraction of sp³-hybridized carbons (Fsp3) is 0.250. The van der Waals surface area contributed by atoms with Crippen LogP contribution < -0.4 is 5.32 Å². The van der Waals surface area contributed by atoms with Crippen LogP contribution in [0.1, 0.15) is 45.2 Å². The Bertz CT molecular complexity index is 903. The van der Waals surface area contributed by atoms with Gasteiger partial charge in [-0.05, 0) is 30.4 Å². The van der Waals surface area contributed by atoms with E-state index in [1.54, 1.807) is 18.3 Å². The summed E-state index contributed by atoms with van der Waals surface area (Å²) in [7, 11) is 0. The number of nitrogens with one attached hydrogen (secondary N) is 1. The molecule has 2 aromatic heterocycles. The molecule has 0 unspecified atom stereocenters. The van der Waals surface area contributed by atoms with E-state index in [9.17, 15) is 9.59 Å². The van der Waals surface area contributed by atoms with E-state index in [0.29, 0.717) is 23.4 Å². The SMILES string of the molecule is CCc1noc(C)c1C(=O)OCC(=O)N[C@H](c1ccccc1)c1cccs1. The van der Waals surface area contributed by atoms with Crippen LogP contribution >= 0.6 is 11.3 Å². The Morgan fingerprint density at radius 1 is 1.22 bits per heavy atom. The van der Waals surface area contributed by atoms with Crippen LogP contribution in [-0.2, 0) is 16.0 Å². The summed E-state index contributed by atoms with van der Waals surface area (Å²) in [5.74, 6) is -0.594. The van der Waals surface area contributed by atoms with Crippen molar-refractivity contribution in [2.45, 2.75) is 26.3 Å². The lowest BCUT2D eigenvalue weighted by Crippen LogP contribution is -2.32. The molecule has 0 bridgehead atoms. The van der Waals surface area contributed by atoms with Crippen LogP contribution in [0.4, 0.5) is 0 Å². The topological polar surface area (TPSA) is 81.4 Å². The Balaban J connectivity index is 1.66. The first-order chi connectivity index (χ1) is 13.1. The van der Waals surface area contributed by atoms with Crippen LogP contribution in [0.15, 0.2) is 52.4 Å². The molecule has 1 atom stereocenters. The van der Waals surface area contributed by atoms with Gasteiger partial charge in [0.15, 0.2) is 6.61 Å². The smallest absolute Gasteiger partial charge is 0.344 e. The van der Waals surface area contributed by atoms with Gasteiger partial charge in [-0.3, -0.25) is 4.79 Å². The van der Waals surface area contributed by atoms with Crippen LogP contribution in [0.25, 0.3) is 0 Å². The fourth-order valence-corrected chi connectivity index (χ4v) is 3.55. The average Bonchev–Trinajstić information content (AvgIpc) is 3.34. The second-order valence-corrected chi connectivity index (χ2v) is 6.90. The van der Waals surface area contributed by atoms with Crippen LogP contribution in [0.2, 0.25) is 0 Å². The van der Waals surface area contributed by atoms with Crippen molar-refractivity contribution in [3.05, 3.63) is 75.3 Å². The average molecular weight is 384 g/mol. The highest BCUT2D eigenvalue weighted by molar-refractivity contribution is 7.10. The van der Waals surface area contributed by atoms with E-state index in [1.807, 2.05) is 54.8 Å². The van der Waals surface area contributed by atoms with Crippen molar-refractivity contribution >= 4 is 23.2 Å². The number of hydrogen-bond acceptors (Lipinski definition) is 6.